The Kier molecular flexibility index (Phi) is 5.21. The summed E-state index contributed by atoms with van der Waals surface area (Å²) in [6.07, 6.45) is 3.96. The quantitative estimate of drug-likeness (QED) is 0.819. The summed E-state index contributed by atoms with van der Waals surface area (Å²) in [5.74, 6) is 1.81. The highest BCUT2D eigenvalue weighted by Gasteiger charge is 2.33. The van der Waals surface area contributed by atoms with Gasteiger partial charge in [0.15, 0.2) is 0 Å². The van der Waals surface area contributed by atoms with Crippen molar-refractivity contribution in [3.8, 4) is 5.75 Å². The summed E-state index contributed by atoms with van der Waals surface area (Å²) in [4.78, 5) is 26.9. The zero-order valence-corrected chi connectivity index (χ0v) is 16.4. The fraction of sp³-hybridized carbons (Fsp3) is 0.550. The molecule has 1 saturated heterocycles. The fourth-order valence-electron chi connectivity index (χ4n) is 3.94. The van der Waals surface area contributed by atoms with E-state index in [4.69, 9.17) is 4.74 Å². The molecule has 1 amide bonds. The highest BCUT2D eigenvalue weighted by Crippen LogP contribution is 2.37. The Morgan fingerprint density at radius 2 is 1.93 bits per heavy atom. The minimum Gasteiger partial charge on any atom is -0.495 e. The molecule has 0 bridgehead atoms. The van der Waals surface area contributed by atoms with E-state index < -0.39 is 0 Å². The molecule has 0 spiro atoms. The first-order chi connectivity index (χ1) is 13.6. The van der Waals surface area contributed by atoms with Gasteiger partial charge in [-0.15, -0.1) is 0 Å². The van der Waals surface area contributed by atoms with Gasteiger partial charge >= 0.3 is 5.69 Å². The molecule has 0 atom stereocenters. The average Bonchev–Trinajstić information content (AvgIpc) is 3.49. The predicted octanol–water partition coefficient (Wildman–Crippen LogP) is 1.74. The normalized spacial score (nSPS) is 18.2. The molecule has 1 N–H and O–H groups in total. The maximum absolute atomic E-state index is 12.4. The van der Waals surface area contributed by atoms with Gasteiger partial charge in [0.1, 0.15) is 11.6 Å². The number of rotatable bonds is 6. The van der Waals surface area contributed by atoms with E-state index >= 15 is 0 Å². The van der Waals surface area contributed by atoms with Gasteiger partial charge in [0.2, 0.25) is 5.91 Å². The molecule has 1 saturated carbocycles. The van der Waals surface area contributed by atoms with Crippen LogP contribution in [-0.2, 0) is 11.8 Å². The highest BCUT2D eigenvalue weighted by molar-refractivity contribution is 5.93. The second-order valence-corrected chi connectivity index (χ2v) is 7.66. The number of methoxy groups -OCH3 is 1. The average molecular weight is 385 g/mol. The van der Waals surface area contributed by atoms with Crippen molar-refractivity contribution in [2.45, 2.75) is 37.6 Å². The standard InChI is InChI=1S/C20H27N5O3/c1-23-20(27)25(15-7-8-15)19(22-23)14-9-11-24(12-10-14)13-18(26)21-16-5-3-4-6-17(16)28-2/h3-6,14-15H,7-13H2,1-2H3,(H,21,26). The van der Waals surface area contributed by atoms with E-state index in [0.29, 0.717) is 24.0 Å². The van der Waals surface area contributed by atoms with Gasteiger partial charge in [-0.25, -0.2) is 9.48 Å². The smallest absolute Gasteiger partial charge is 0.345 e. The van der Waals surface area contributed by atoms with E-state index in [2.05, 4.69) is 15.3 Å². The summed E-state index contributed by atoms with van der Waals surface area (Å²) >= 11 is 0. The van der Waals surface area contributed by atoms with Crippen LogP contribution in [0.2, 0.25) is 0 Å². The maximum atomic E-state index is 12.4. The van der Waals surface area contributed by atoms with Crippen molar-refractivity contribution in [1.29, 1.82) is 0 Å². The summed E-state index contributed by atoms with van der Waals surface area (Å²) < 4.78 is 8.64. The summed E-state index contributed by atoms with van der Waals surface area (Å²) in [6.45, 7) is 1.99. The highest BCUT2D eigenvalue weighted by atomic mass is 16.5. The van der Waals surface area contributed by atoms with Crippen LogP contribution in [0.15, 0.2) is 29.1 Å². The van der Waals surface area contributed by atoms with Gasteiger partial charge < -0.3 is 10.1 Å². The number of hydrogen-bond donors (Lipinski definition) is 1. The monoisotopic (exact) mass is 385 g/mol. The first-order valence-corrected chi connectivity index (χ1v) is 9.87. The zero-order chi connectivity index (χ0) is 19.7. The minimum absolute atomic E-state index is 0.00360. The minimum atomic E-state index is -0.0457. The van der Waals surface area contributed by atoms with Gasteiger partial charge in [-0.05, 0) is 50.9 Å². The van der Waals surface area contributed by atoms with Crippen LogP contribution in [0.4, 0.5) is 5.69 Å². The molecular weight excluding hydrogens is 358 g/mol. The van der Waals surface area contributed by atoms with Gasteiger partial charge in [0.05, 0.1) is 19.3 Å². The summed E-state index contributed by atoms with van der Waals surface area (Å²) in [7, 11) is 3.32. The molecule has 1 aromatic carbocycles. The van der Waals surface area contributed by atoms with Crippen LogP contribution in [-0.4, -0.2) is 51.9 Å². The van der Waals surface area contributed by atoms with Crippen LogP contribution < -0.4 is 15.7 Å². The number of nitrogens with one attached hydrogen (secondary N) is 1. The Morgan fingerprint density at radius 1 is 1.21 bits per heavy atom. The van der Waals surface area contributed by atoms with Crippen molar-refractivity contribution in [3.05, 3.63) is 40.6 Å². The van der Waals surface area contributed by atoms with E-state index in [0.717, 1.165) is 44.6 Å². The van der Waals surface area contributed by atoms with Crippen LogP contribution in [0.1, 0.15) is 43.5 Å². The topological polar surface area (TPSA) is 81.4 Å². The van der Waals surface area contributed by atoms with Crippen molar-refractivity contribution in [2.24, 2.45) is 7.05 Å². The number of ether oxygens (including phenoxy) is 1. The molecule has 1 aliphatic heterocycles. The Balaban J connectivity index is 1.34. The number of aryl methyl sites for hydroxylation is 1. The van der Waals surface area contributed by atoms with E-state index in [1.54, 1.807) is 14.2 Å². The number of hydrogen-bond acceptors (Lipinski definition) is 5. The number of carbonyl (C=O) groups is 1. The Hall–Kier alpha value is -2.61. The molecule has 2 heterocycles. The van der Waals surface area contributed by atoms with Crippen molar-refractivity contribution >= 4 is 11.6 Å². The lowest BCUT2D eigenvalue weighted by Gasteiger charge is -2.31. The summed E-state index contributed by atoms with van der Waals surface area (Å²) in [5.41, 5.74) is 0.683. The van der Waals surface area contributed by atoms with Gasteiger partial charge in [-0.1, -0.05) is 12.1 Å². The molecule has 2 aliphatic rings. The SMILES string of the molecule is COc1ccccc1NC(=O)CN1CCC(c2nn(C)c(=O)n2C2CC2)CC1. The lowest BCUT2D eigenvalue weighted by Crippen LogP contribution is -2.39. The lowest BCUT2D eigenvalue weighted by atomic mass is 9.96. The number of likely N-dealkylation sites (tertiary alicyclic amines) is 1. The molecule has 0 unspecified atom stereocenters. The number of anilines is 1. The summed E-state index contributed by atoms with van der Waals surface area (Å²) in [6, 6.07) is 7.74. The number of piperidine rings is 1. The van der Waals surface area contributed by atoms with Crippen LogP contribution in [0.5, 0.6) is 5.75 Å². The Morgan fingerprint density at radius 3 is 2.61 bits per heavy atom. The van der Waals surface area contributed by atoms with Crippen LogP contribution >= 0.6 is 0 Å². The third kappa shape index (κ3) is 3.82. The molecule has 2 aromatic rings. The van der Waals surface area contributed by atoms with Crippen LogP contribution in [0, 0.1) is 0 Å². The molecule has 28 heavy (non-hydrogen) atoms. The first-order valence-electron chi connectivity index (χ1n) is 9.87. The fourth-order valence-corrected chi connectivity index (χ4v) is 3.94. The third-order valence-electron chi connectivity index (χ3n) is 5.60. The van der Waals surface area contributed by atoms with Crippen molar-refractivity contribution in [3.63, 3.8) is 0 Å². The molecule has 1 aliphatic carbocycles. The largest absolute Gasteiger partial charge is 0.495 e. The number of para-hydroxylation sites is 2. The lowest BCUT2D eigenvalue weighted by molar-refractivity contribution is -0.117. The first kappa shape index (κ1) is 18.7. The molecule has 4 rings (SSSR count). The van der Waals surface area contributed by atoms with E-state index in [1.165, 1.54) is 4.68 Å². The van der Waals surface area contributed by atoms with Crippen molar-refractivity contribution in [1.82, 2.24) is 19.2 Å². The number of benzene rings is 1. The second kappa shape index (κ2) is 7.79. The molecule has 8 nitrogen and oxygen atoms in total. The van der Waals surface area contributed by atoms with Crippen molar-refractivity contribution in [2.75, 3.05) is 32.1 Å². The molecule has 0 radical (unpaired) electrons. The van der Waals surface area contributed by atoms with E-state index in [9.17, 15) is 9.59 Å². The molecule has 8 heteroatoms. The molecule has 2 fully saturated rings. The third-order valence-corrected chi connectivity index (χ3v) is 5.60. The Labute approximate surface area is 164 Å². The molecule has 150 valence electrons. The number of carbonyl (C=O) groups excluding carboxylic acids is 1. The van der Waals surface area contributed by atoms with E-state index in [-0.39, 0.29) is 17.5 Å². The molecular formula is C20H27N5O3. The van der Waals surface area contributed by atoms with Gasteiger partial charge in [-0.3, -0.25) is 14.3 Å². The maximum Gasteiger partial charge on any atom is 0.345 e. The van der Waals surface area contributed by atoms with Gasteiger partial charge in [0.25, 0.3) is 0 Å². The Bertz CT molecular complexity index is 907. The zero-order valence-electron chi connectivity index (χ0n) is 16.4. The van der Waals surface area contributed by atoms with E-state index in [1.807, 2.05) is 28.8 Å². The second-order valence-electron chi connectivity index (χ2n) is 7.66. The summed E-state index contributed by atoms with van der Waals surface area (Å²) in [5, 5.41) is 7.44. The number of nitrogens with zero attached hydrogens (tertiary/aromatic N) is 4. The van der Waals surface area contributed by atoms with Crippen molar-refractivity contribution < 1.29 is 9.53 Å². The predicted molar refractivity (Wildman–Crippen MR) is 106 cm³/mol. The molecule has 1 aromatic heterocycles. The van der Waals surface area contributed by atoms with Gasteiger partial charge in [0, 0.05) is 19.0 Å². The van der Waals surface area contributed by atoms with Crippen LogP contribution in [0.25, 0.3) is 0 Å². The number of amides is 1. The van der Waals surface area contributed by atoms with Gasteiger partial charge in [-0.2, -0.15) is 5.10 Å². The van der Waals surface area contributed by atoms with Crippen LogP contribution in [0.3, 0.4) is 0 Å². The number of aromatic nitrogens is 3.